The van der Waals surface area contributed by atoms with E-state index >= 15 is 0 Å². The number of piperidine rings is 2. The SMILES string of the molecule is CNC(=NCC(=O)N1C[C@@H](O)[C@@H](O)[C@H](O)[C@H]1CO)NOC(=O)CC(O)C(=O)ONC(=NCC(=O)N1C[C@@H](O)[C@@H](O)[C@H](O)[C@H]1CO)NC. The van der Waals surface area contributed by atoms with Crippen LogP contribution in [0.1, 0.15) is 6.42 Å². The second kappa shape index (κ2) is 18.4. The van der Waals surface area contributed by atoms with E-state index in [1.807, 2.05) is 5.48 Å². The van der Waals surface area contributed by atoms with Gasteiger partial charge in [0.2, 0.25) is 23.7 Å². The van der Waals surface area contributed by atoms with Crippen molar-refractivity contribution < 1.29 is 74.8 Å². The van der Waals surface area contributed by atoms with Gasteiger partial charge in [-0.3, -0.25) is 9.59 Å². The summed E-state index contributed by atoms with van der Waals surface area (Å²) in [4.78, 5) is 68.2. The summed E-state index contributed by atoms with van der Waals surface area (Å²) in [5.41, 5.74) is 4.11. The Labute approximate surface area is 267 Å². The molecule has 0 aromatic carbocycles. The zero-order valence-corrected chi connectivity index (χ0v) is 25.4. The van der Waals surface area contributed by atoms with E-state index in [2.05, 4.69) is 30.9 Å². The van der Waals surface area contributed by atoms with Crippen LogP contribution in [0.3, 0.4) is 0 Å². The number of nitrogens with zero attached hydrogens (tertiary/aromatic N) is 4. The van der Waals surface area contributed by atoms with Crippen LogP contribution >= 0.6 is 0 Å². The predicted octanol–water partition coefficient (Wildman–Crippen LogP) is -9.44. The van der Waals surface area contributed by atoms with Crippen LogP contribution in [0.15, 0.2) is 9.98 Å². The number of aliphatic imine (C=N–C) groups is 2. The van der Waals surface area contributed by atoms with E-state index in [-0.39, 0.29) is 18.5 Å². The number of likely N-dealkylation sites (tertiary alicyclic amines) is 2. The molecule has 268 valence electrons. The largest absolute Gasteiger partial charge is 0.394 e. The van der Waals surface area contributed by atoms with Gasteiger partial charge in [0.15, 0.2) is 6.10 Å². The van der Waals surface area contributed by atoms with Crippen molar-refractivity contribution in [3.05, 3.63) is 0 Å². The lowest BCUT2D eigenvalue weighted by Crippen LogP contribution is -2.64. The minimum Gasteiger partial charge on any atom is -0.394 e. The third kappa shape index (κ3) is 10.5. The van der Waals surface area contributed by atoms with Crippen LogP contribution < -0.4 is 21.6 Å². The number of nitrogens with one attached hydrogen (secondary N) is 4. The lowest BCUT2D eigenvalue weighted by Gasteiger charge is -2.42. The highest BCUT2D eigenvalue weighted by atomic mass is 16.7. The number of amides is 2. The van der Waals surface area contributed by atoms with Gasteiger partial charge < -0.3 is 76.1 Å². The topological polar surface area (TPSA) is 348 Å². The summed E-state index contributed by atoms with van der Waals surface area (Å²) in [6.45, 7) is -3.42. The molecule has 0 aliphatic carbocycles. The number of carbonyl (C=O) groups excluding carboxylic acids is 4. The predicted molar refractivity (Wildman–Crippen MR) is 153 cm³/mol. The van der Waals surface area contributed by atoms with Crippen LogP contribution in [0.5, 0.6) is 0 Å². The van der Waals surface area contributed by atoms with Gasteiger partial charge in [-0.15, -0.1) is 0 Å². The summed E-state index contributed by atoms with van der Waals surface area (Å²) in [5, 5.41) is 93.2. The molecule has 2 fully saturated rings. The minimum absolute atomic E-state index is 0.261. The standard InChI is InChI=1S/C24H42N8O15/c1-25-23(27-4-15(38)31-6-13(36)20(43)18(41)10(31)8-33)29-46-17(40)3-12(35)22(45)47-30-24(26-2)28-5-16(39)32-7-14(37)21(44)19(42)11(32)9-34/h10-14,18-21,33-37,41-44H,3-9H2,1-2H3,(H2,25,27,29)(H2,26,28,30)/t10-,11-,12?,13-,14-,18-,19-,20-,21-/m1/s1. The maximum atomic E-state index is 12.6. The molecule has 2 aliphatic heterocycles. The summed E-state index contributed by atoms with van der Waals surface area (Å²) in [6, 6.07) is -2.41. The second-order valence-electron chi connectivity index (χ2n) is 10.3. The molecule has 13 N–H and O–H groups in total. The Morgan fingerprint density at radius 1 is 0.723 bits per heavy atom. The van der Waals surface area contributed by atoms with E-state index in [9.17, 15) is 65.1 Å². The molecule has 23 heteroatoms. The van der Waals surface area contributed by atoms with Crippen molar-refractivity contribution in [1.29, 1.82) is 0 Å². The Hall–Kier alpha value is -3.94. The first kappa shape index (κ1) is 39.2. The van der Waals surface area contributed by atoms with E-state index in [1.165, 1.54) is 14.1 Å². The number of guanidine groups is 2. The van der Waals surface area contributed by atoms with E-state index in [0.29, 0.717) is 0 Å². The lowest BCUT2D eigenvalue weighted by molar-refractivity contribution is -0.165. The Bertz CT molecular complexity index is 1150. The van der Waals surface area contributed by atoms with Gasteiger partial charge in [-0.05, 0) is 0 Å². The first-order chi connectivity index (χ1) is 22.2. The molecule has 2 aliphatic rings. The number of hydrogen-bond donors (Lipinski definition) is 13. The highest BCUT2D eigenvalue weighted by Gasteiger charge is 2.44. The number of rotatable bonds is 9. The molecule has 23 nitrogen and oxygen atoms in total. The third-order valence-corrected chi connectivity index (χ3v) is 7.22. The van der Waals surface area contributed by atoms with Crippen LogP contribution in [0.25, 0.3) is 0 Å². The van der Waals surface area contributed by atoms with Crippen molar-refractivity contribution in [2.75, 3.05) is 53.5 Å². The van der Waals surface area contributed by atoms with Gasteiger partial charge in [0.25, 0.3) is 0 Å². The fourth-order valence-electron chi connectivity index (χ4n) is 4.51. The van der Waals surface area contributed by atoms with Crippen molar-refractivity contribution >= 4 is 35.7 Å². The molecule has 0 bridgehead atoms. The van der Waals surface area contributed by atoms with Gasteiger partial charge in [-0.2, -0.15) is 11.0 Å². The summed E-state index contributed by atoms with van der Waals surface area (Å²) >= 11 is 0. The molecule has 0 spiro atoms. The van der Waals surface area contributed by atoms with Crippen LogP contribution in [0.2, 0.25) is 0 Å². The summed E-state index contributed by atoms with van der Waals surface area (Å²) < 4.78 is 0. The number of aliphatic hydroxyl groups is 9. The second-order valence-corrected chi connectivity index (χ2v) is 10.3. The molecular weight excluding hydrogens is 640 g/mol. The molecule has 0 aromatic rings. The quantitative estimate of drug-likeness (QED) is 0.0609. The fraction of sp³-hybridized carbons (Fsp3) is 0.750. The van der Waals surface area contributed by atoms with Crippen LogP contribution in [-0.2, 0) is 28.9 Å². The number of β-amino-alcohol motifs (C(OH)–C–C–N with tert-alkyl or cyclic N) is 2. The molecule has 2 amide bonds. The van der Waals surface area contributed by atoms with Gasteiger partial charge in [-0.1, -0.05) is 0 Å². The molecule has 0 saturated carbocycles. The Balaban J connectivity index is 1.83. The van der Waals surface area contributed by atoms with Crippen molar-refractivity contribution in [3.63, 3.8) is 0 Å². The number of carbonyl (C=O) groups is 4. The van der Waals surface area contributed by atoms with Crippen LogP contribution in [0, 0.1) is 0 Å². The highest BCUT2D eigenvalue weighted by Crippen LogP contribution is 2.20. The molecular formula is C24H42N8O15. The first-order valence-electron chi connectivity index (χ1n) is 14.1. The third-order valence-electron chi connectivity index (χ3n) is 7.22. The molecule has 2 heterocycles. The molecule has 2 saturated heterocycles. The Kier molecular flexibility index (Phi) is 15.4. The van der Waals surface area contributed by atoms with E-state index in [4.69, 9.17) is 4.84 Å². The van der Waals surface area contributed by atoms with Crippen LogP contribution in [0.4, 0.5) is 0 Å². The van der Waals surface area contributed by atoms with E-state index in [1.54, 1.807) is 0 Å². The monoisotopic (exact) mass is 682 g/mol. The zero-order valence-electron chi connectivity index (χ0n) is 25.4. The summed E-state index contributed by atoms with van der Waals surface area (Å²) in [5.74, 6) is -4.62. The zero-order chi connectivity index (χ0) is 35.4. The van der Waals surface area contributed by atoms with E-state index in [0.717, 1.165) is 9.80 Å². The summed E-state index contributed by atoms with van der Waals surface area (Å²) in [7, 11) is 2.67. The normalized spacial score (nSPS) is 29.0. The maximum Gasteiger partial charge on any atom is 0.360 e. The number of hydroxylamine groups is 2. The molecule has 0 radical (unpaired) electrons. The number of hydrogen-bond acceptors (Lipinski definition) is 17. The highest BCUT2D eigenvalue weighted by molar-refractivity contribution is 5.88. The fourth-order valence-corrected chi connectivity index (χ4v) is 4.51. The Morgan fingerprint density at radius 2 is 1.13 bits per heavy atom. The van der Waals surface area contributed by atoms with Crippen molar-refractivity contribution in [2.45, 2.75) is 61.2 Å². The first-order valence-corrected chi connectivity index (χ1v) is 14.1. The number of aliphatic hydroxyl groups excluding tert-OH is 9. The molecule has 1 unspecified atom stereocenters. The van der Waals surface area contributed by atoms with E-state index < -0.39 is 118 Å². The van der Waals surface area contributed by atoms with Gasteiger partial charge >= 0.3 is 11.9 Å². The summed E-state index contributed by atoms with van der Waals surface area (Å²) in [6.07, 6.45) is -12.3. The lowest BCUT2D eigenvalue weighted by atomic mass is 9.94. The smallest absolute Gasteiger partial charge is 0.360 e. The van der Waals surface area contributed by atoms with Crippen molar-refractivity contribution in [3.8, 4) is 0 Å². The maximum absolute atomic E-state index is 12.6. The van der Waals surface area contributed by atoms with Gasteiger partial charge in [0, 0.05) is 27.2 Å². The molecule has 47 heavy (non-hydrogen) atoms. The molecule has 0 aromatic heterocycles. The average molecular weight is 683 g/mol. The van der Waals surface area contributed by atoms with Crippen molar-refractivity contribution in [2.24, 2.45) is 9.98 Å². The Morgan fingerprint density at radius 3 is 1.51 bits per heavy atom. The van der Waals surface area contributed by atoms with Gasteiger partial charge in [0.1, 0.15) is 49.7 Å². The van der Waals surface area contributed by atoms with Gasteiger partial charge in [0.05, 0.1) is 31.7 Å². The minimum atomic E-state index is -2.05. The van der Waals surface area contributed by atoms with Crippen LogP contribution in [-0.4, -0.2) is 200 Å². The van der Waals surface area contributed by atoms with Crippen molar-refractivity contribution in [1.82, 2.24) is 31.4 Å². The average Bonchev–Trinajstić information content (AvgIpc) is 3.05. The molecule has 2 rings (SSSR count). The van der Waals surface area contributed by atoms with Gasteiger partial charge in [-0.25, -0.2) is 19.6 Å². The molecule has 9 atom stereocenters.